The number of hydrogen-bond acceptors (Lipinski definition) is 4. The number of rotatable bonds is 4. The molecule has 1 aromatic carbocycles. The first kappa shape index (κ1) is 13.0. The van der Waals surface area contributed by atoms with E-state index in [1.807, 2.05) is 6.07 Å². The predicted octanol–water partition coefficient (Wildman–Crippen LogP) is 1.09. The fraction of sp³-hybridized carbons (Fsp3) is 0.300. The molecule has 0 spiro atoms. The third-order valence-electron chi connectivity index (χ3n) is 1.99. The molecule has 0 heterocycles. The standard InChI is InChI=1S/C10H11ClN2O2S/c11-10-5-8(6-13)1-2-9(10)7-16(14,15)4-3-12/h1-2,5H,3-4,7,12H2. The zero-order chi connectivity index (χ0) is 12.2. The molecular formula is C10H11ClN2O2S. The highest BCUT2D eigenvalue weighted by molar-refractivity contribution is 7.90. The van der Waals surface area contributed by atoms with E-state index in [1.165, 1.54) is 6.07 Å². The number of nitrogens with two attached hydrogens (primary N) is 1. The minimum absolute atomic E-state index is 0.0661. The highest BCUT2D eigenvalue weighted by Crippen LogP contribution is 2.20. The molecule has 6 heteroatoms. The summed E-state index contributed by atoms with van der Waals surface area (Å²) in [5.74, 6) is -0.210. The summed E-state index contributed by atoms with van der Waals surface area (Å²) in [6.07, 6.45) is 0. The smallest absolute Gasteiger partial charge is 0.155 e. The van der Waals surface area contributed by atoms with Crippen molar-refractivity contribution in [2.75, 3.05) is 12.3 Å². The zero-order valence-electron chi connectivity index (χ0n) is 8.48. The van der Waals surface area contributed by atoms with E-state index in [2.05, 4.69) is 0 Å². The summed E-state index contributed by atoms with van der Waals surface area (Å²) < 4.78 is 23.0. The number of nitriles is 1. The van der Waals surface area contributed by atoms with Gasteiger partial charge in [0.25, 0.3) is 0 Å². The minimum atomic E-state index is -3.22. The molecule has 0 aliphatic heterocycles. The Morgan fingerprint density at radius 3 is 2.62 bits per heavy atom. The summed E-state index contributed by atoms with van der Waals surface area (Å²) in [4.78, 5) is 0. The Kier molecular flexibility index (Phi) is 4.30. The predicted molar refractivity (Wildman–Crippen MR) is 62.7 cm³/mol. The molecule has 0 saturated carbocycles. The van der Waals surface area contributed by atoms with Gasteiger partial charge in [-0.2, -0.15) is 5.26 Å². The van der Waals surface area contributed by atoms with Gasteiger partial charge in [-0.3, -0.25) is 0 Å². The van der Waals surface area contributed by atoms with Crippen LogP contribution in [0, 0.1) is 11.3 Å². The van der Waals surface area contributed by atoms with Gasteiger partial charge in [0, 0.05) is 11.6 Å². The molecule has 1 aromatic rings. The molecule has 0 saturated heterocycles. The largest absolute Gasteiger partial charge is 0.329 e. The van der Waals surface area contributed by atoms with Gasteiger partial charge in [-0.1, -0.05) is 17.7 Å². The third kappa shape index (κ3) is 3.49. The van der Waals surface area contributed by atoms with Gasteiger partial charge in [-0.25, -0.2) is 8.42 Å². The number of hydrogen-bond donors (Lipinski definition) is 1. The minimum Gasteiger partial charge on any atom is -0.329 e. The number of halogens is 1. The molecule has 16 heavy (non-hydrogen) atoms. The van der Waals surface area contributed by atoms with E-state index in [9.17, 15) is 8.42 Å². The van der Waals surface area contributed by atoms with Crippen LogP contribution >= 0.6 is 11.6 Å². The van der Waals surface area contributed by atoms with Crippen LogP contribution < -0.4 is 5.73 Å². The topological polar surface area (TPSA) is 84.0 Å². The molecular weight excluding hydrogens is 248 g/mol. The van der Waals surface area contributed by atoms with Crippen LogP contribution in [0.15, 0.2) is 18.2 Å². The van der Waals surface area contributed by atoms with Crippen molar-refractivity contribution in [1.82, 2.24) is 0 Å². The van der Waals surface area contributed by atoms with E-state index >= 15 is 0 Å². The quantitative estimate of drug-likeness (QED) is 0.876. The van der Waals surface area contributed by atoms with Crippen LogP contribution in [0.1, 0.15) is 11.1 Å². The molecule has 0 fully saturated rings. The highest BCUT2D eigenvalue weighted by atomic mass is 35.5. The van der Waals surface area contributed by atoms with Crippen molar-refractivity contribution < 1.29 is 8.42 Å². The number of benzene rings is 1. The van der Waals surface area contributed by atoms with Gasteiger partial charge < -0.3 is 5.73 Å². The van der Waals surface area contributed by atoms with Gasteiger partial charge >= 0.3 is 0 Å². The van der Waals surface area contributed by atoms with Crippen molar-refractivity contribution in [2.45, 2.75) is 5.75 Å². The first-order chi connectivity index (χ1) is 7.48. The normalized spacial score (nSPS) is 11.1. The summed E-state index contributed by atoms with van der Waals surface area (Å²) >= 11 is 5.87. The first-order valence-electron chi connectivity index (χ1n) is 4.57. The van der Waals surface area contributed by atoms with Gasteiger partial charge in [-0.05, 0) is 17.7 Å². The van der Waals surface area contributed by atoms with Crippen LogP contribution in [0.5, 0.6) is 0 Å². The van der Waals surface area contributed by atoms with Crippen molar-refractivity contribution in [1.29, 1.82) is 5.26 Å². The Labute approximate surface area is 99.6 Å². The SMILES string of the molecule is N#Cc1ccc(CS(=O)(=O)CCN)c(Cl)c1. The van der Waals surface area contributed by atoms with Gasteiger partial charge in [0.2, 0.25) is 0 Å². The molecule has 0 bridgehead atoms. The average molecular weight is 259 g/mol. The summed E-state index contributed by atoms with van der Waals surface area (Å²) in [6.45, 7) is 0.0935. The van der Waals surface area contributed by atoms with Crippen LogP contribution in [0.2, 0.25) is 5.02 Å². The second-order valence-electron chi connectivity index (χ2n) is 3.30. The highest BCUT2D eigenvalue weighted by Gasteiger charge is 2.13. The lowest BCUT2D eigenvalue weighted by atomic mass is 10.2. The molecule has 0 aliphatic carbocycles. The monoisotopic (exact) mass is 258 g/mol. The van der Waals surface area contributed by atoms with Crippen LogP contribution in [0.25, 0.3) is 0 Å². The van der Waals surface area contributed by atoms with E-state index < -0.39 is 9.84 Å². The Balaban J connectivity index is 2.96. The molecule has 86 valence electrons. The maximum absolute atomic E-state index is 11.5. The lowest BCUT2D eigenvalue weighted by Crippen LogP contribution is -2.17. The fourth-order valence-electron chi connectivity index (χ4n) is 1.22. The van der Waals surface area contributed by atoms with Gasteiger partial charge in [-0.15, -0.1) is 0 Å². The Morgan fingerprint density at radius 1 is 1.44 bits per heavy atom. The van der Waals surface area contributed by atoms with E-state index in [1.54, 1.807) is 12.1 Å². The van der Waals surface area contributed by atoms with Crippen molar-refractivity contribution in [3.63, 3.8) is 0 Å². The van der Waals surface area contributed by atoms with E-state index in [0.29, 0.717) is 16.1 Å². The van der Waals surface area contributed by atoms with Gasteiger partial charge in [0.15, 0.2) is 9.84 Å². The van der Waals surface area contributed by atoms with Crippen molar-refractivity contribution in [3.8, 4) is 6.07 Å². The number of nitrogens with zero attached hydrogens (tertiary/aromatic N) is 1. The molecule has 0 radical (unpaired) electrons. The molecule has 0 aliphatic rings. The molecule has 0 amide bonds. The summed E-state index contributed by atoms with van der Waals surface area (Å²) in [6, 6.07) is 6.47. The lowest BCUT2D eigenvalue weighted by molar-refractivity contribution is 0.595. The Bertz CT molecular complexity index is 520. The second-order valence-corrected chi connectivity index (χ2v) is 5.89. The average Bonchev–Trinajstić information content (AvgIpc) is 2.20. The van der Waals surface area contributed by atoms with Gasteiger partial charge in [0.05, 0.1) is 23.1 Å². The van der Waals surface area contributed by atoms with Crippen molar-refractivity contribution >= 4 is 21.4 Å². The maximum atomic E-state index is 11.5. The summed E-state index contributed by atoms with van der Waals surface area (Å²) in [5, 5.41) is 8.92. The first-order valence-corrected chi connectivity index (χ1v) is 6.77. The van der Waals surface area contributed by atoms with E-state index in [0.717, 1.165) is 0 Å². The summed E-state index contributed by atoms with van der Waals surface area (Å²) in [7, 11) is -3.22. The van der Waals surface area contributed by atoms with Gasteiger partial charge in [0.1, 0.15) is 0 Å². The molecule has 0 unspecified atom stereocenters. The molecule has 0 atom stereocenters. The number of sulfone groups is 1. The van der Waals surface area contributed by atoms with Crippen LogP contribution in [0.3, 0.4) is 0 Å². The van der Waals surface area contributed by atoms with Crippen LogP contribution in [-0.4, -0.2) is 20.7 Å². The fourth-order valence-corrected chi connectivity index (χ4v) is 2.78. The van der Waals surface area contributed by atoms with E-state index in [4.69, 9.17) is 22.6 Å². The zero-order valence-corrected chi connectivity index (χ0v) is 10.1. The Hall–Kier alpha value is -1.09. The molecule has 1 rings (SSSR count). The van der Waals surface area contributed by atoms with Crippen molar-refractivity contribution in [2.24, 2.45) is 5.73 Å². The molecule has 4 nitrogen and oxygen atoms in total. The van der Waals surface area contributed by atoms with Crippen molar-refractivity contribution in [3.05, 3.63) is 34.3 Å². The molecule has 2 N–H and O–H groups in total. The lowest BCUT2D eigenvalue weighted by Gasteiger charge is -2.05. The Morgan fingerprint density at radius 2 is 2.12 bits per heavy atom. The molecule has 0 aromatic heterocycles. The van der Waals surface area contributed by atoms with Crippen LogP contribution in [-0.2, 0) is 15.6 Å². The third-order valence-corrected chi connectivity index (χ3v) is 3.95. The maximum Gasteiger partial charge on any atom is 0.155 e. The second kappa shape index (κ2) is 5.30. The van der Waals surface area contributed by atoms with E-state index in [-0.39, 0.29) is 18.1 Å². The van der Waals surface area contributed by atoms with Crippen LogP contribution in [0.4, 0.5) is 0 Å². The summed E-state index contributed by atoms with van der Waals surface area (Å²) in [5.41, 5.74) is 6.10.